The first-order chi connectivity index (χ1) is 21.9. The van der Waals surface area contributed by atoms with Crippen molar-refractivity contribution in [3.8, 4) is 0 Å². The number of carbonyl (C=O) groups excluding carboxylic acids is 5. The van der Waals surface area contributed by atoms with E-state index in [2.05, 4.69) is 16.0 Å². The van der Waals surface area contributed by atoms with E-state index < -0.39 is 72.5 Å². The zero-order valence-corrected chi connectivity index (χ0v) is 26.8. The van der Waals surface area contributed by atoms with Gasteiger partial charge >= 0.3 is 0 Å². The summed E-state index contributed by atoms with van der Waals surface area (Å²) in [5, 5.41) is 19.8. The topological polar surface area (TPSA) is 157 Å². The third-order valence-corrected chi connectivity index (χ3v) is 8.49. The van der Waals surface area contributed by atoms with Crippen LogP contribution in [0.3, 0.4) is 0 Å². The van der Waals surface area contributed by atoms with Gasteiger partial charge in [0, 0.05) is 25.6 Å². The van der Waals surface area contributed by atoms with Gasteiger partial charge in [0.1, 0.15) is 30.3 Å². The van der Waals surface area contributed by atoms with Crippen LogP contribution in [0.4, 0.5) is 0 Å². The molecule has 248 valence electrons. The van der Waals surface area contributed by atoms with E-state index in [4.69, 9.17) is 4.74 Å². The summed E-state index contributed by atoms with van der Waals surface area (Å²) in [6.07, 6.45) is -1.36. The van der Waals surface area contributed by atoms with Gasteiger partial charge in [0.2, 0.25) is 23.6 Å². The Kier molecular flexibility index (Phi) is 11.9. The molecule has 4 N–H and O–H groups in total. The maximum absolute atomic E-state index is 13.7. The lowest BCUT2D eigenvalue weighted by Crippen LogP contribution is -2.60. The number of hydrogen-bond donors (Lipinski definition) is 4. The molecule has 2 heterocycles. The largest absolute Gasteiger partial charge is 0.388 e. The van der Waals surface area contributed by atoms with E-state index in [0.29, 0.717) is 18.4 Å². The minimum absolute atomic E-state index is 0.0182. The standard InChI is InChI=1S/C34H45N5O7/c1-21(2)17-27-34(45)38(4)22(3)31(42)37-26(18-23-11-7-5-8-12-23)32(43)36-25-15-16-46-28(30(25)41)19-39(20-29(40)35-27)33(44)24-13-9-6-10-14-24/h5-14,21-22,25-28,30,41H,15-20H2,1-4H3,(H,35,40)(H,36,43)(H,37,42)/t22-,25-,26-,27+,28+,30-/m0/s1. The van der Waals surface area contributed by atoms with Crippen molar-refractivity contribution in [3.63, 3.8) is 0 Å². The summed E-state index contributed by atoms with van der Waals surface area (Å²) in [5.41, 5.74) is 1.15. The molecule has 6 atom stereocenters. The van der Waals surface area contributed by atoms with Gasteiger partial charge in [-0.2, -0.15) is 0 Å². The second-order valence-corrected chi connectivity index (χ2v) is 12.5. The lowest BCUT2D eigenvalue weighted by atomic mass is 9.97. The zero-order valence-electron chi connectivity index (χ0n) is 26.8. The van der Waals surface area contributed by atoms with Crippen LogP contribution in [-0.2, 0) is 30.3 Å². The number of aliphatic hydroxyl groups excluding tert-OH is 1. The van der Waals surface area contributed by atoms with Gasteiger partial charge in [0.15, 0.2) is 0 Å². The smallest absolute Gasteiger partial charge is 0.254 e. The molecule has 0 saturated carbocycles. The van der Waals surface area contributed by atoms with Crippen molar-refractivity contribution >= 4 is 29.5 Å². The molecule has 2 aliphatic heterocycles. The minimum Gasteiger partial charge on any atom is -0.388 e. The first-order valence-electron chi connectivity index (χ1n) is 15.8. The molecule has 2 aromatic rings. The summed E-state index contributed by atoms with van der Waals surface area (Å²) in [6, 6.07) is 14.0. The number of nitrogens with zero attached hydrogens (tertiary/aromatic N) is 2. The summed E-state index contributed by atoms with van der Waals surface area (Å²) in [7, 11) is 1.48. The molecule has 46 heavy (non-hydrogen) atoms. The van der Waals surface area contributed by atoms with Crippen LogP contribution >= 0.6 is 0 Å². The number of aliphatic hydroxyl groups is 1. The molecule has 0 aliphatic carbocycles. The van der Waals surface area contributed by atoms with E-state index in [0.717, 1.165) is 5.56 Å². The second-order valence-electron chi connectivity index (χ2n) is 12.5. The van der Waals surface area contributed by atoms with Gasteiger partial charge in [-0.25, -0.2) is 0 Å². The Balaban J connectivity index is 1.70. The van der Waals surface area contributed by atoms with Crippen LogP contribution in [0.15, 0.2) is 60.7 Å². The van der Waals surface area contributed by atoms with Crippen LogP contribution in [0.2, 0.25) is 0 Å². The van der Waals surface area contributed by atoms with Crippen molar-refractivity contribution in [2.24, 2.45) is 5.92 Å². The molecule has 4 rings (SSSR count). The third-order valence-electron chi connectivity index (χ3n) is 8.49. The zero-order chi connectivity index (χ0) is 33.4. The number of hydrogen-bond acceptors (Lipinski definition) is 7. The molecule has 0 radical (unpaired) electrons. The Labute approximate surface area is 269 Å². The number of benzene rings is 2. The van der Waals surface area contributed by atoms with Crippen molar-refractivity contribution in [1.82, 2.24) is 25.8 Å². The number of ether oxygens (including phenoxy) is 1. The third kappa shape index (κ3) is 8.91. The van der Waals surface area contributed by atoms with E-state index >= 15 is 0 Å². The summed E-state index contributed by atoms with van der Waals surface area (Å²) >= 11 is 0. The van der Waals surface area contributed by atoms with Crippen LogP contribution in [0, 0.1) is 5.92 Å². The maximum Gasteiger partial charge on any atom is 0.254 e. The van der Waals surface area contributed by atoms with Crippen LogP contribution in [0.5, 0.6) is 0 Å². The normalized spacial score (nSPS) is 27.0. The quantitative estimate of drug-likeness (QED) is 0.380. The van der Waals surface area contributed by atoms with Crippen molar-refractivity contribution in [3.05, 3.63) is 71.8 Å². The highest BCUT2D eigenvalue weighted by atomic mass is 16.5. The van der Waals surface area contributed by atoms with E-state index in [9.17, 15) is 29.1 Å². The van der Waals surface area contributed by atoms with Crippen LogP contribution in [-0.4, -0.2) is 108 Å². The Morgan fingerprint density at radius 1 is 0.935 bits per heavy atom. The second kappa shape index (κ2) is 15.8. The molecule has 2 aliphatic rings. The van der Waals surface area contributed by atoms with Crippen LogP contribution in [0.1, 0.15) is 49.5 Å². The highest BCUT2D eigenvalue weighted by molar-refractivity contribution is 5.98. The summed E-state index contributed by atoms with van der Waals surface area (Å²) in [6.45, 7) is 5.02. The molecule has 0 unspecified atom stereocenters. The molecule has 0 aromatic heterocycles. The van der Waals surface area contributed by atoms with Gasteiger partial charge in [0.05, 0.1) is 19.1 Å². The first-order valence-corrected chi connectivity index (χ1v) is 15.8. The van der Waals surface area contributed by atoms with Crippen molar-refractivity contribution < 1.29 is 33.8 Å². The van der Waals surface area contributed by atoms with Gasteiger partial charge in [-0.3, -0.25) is 24.0 Å². The average molecular weight is 636 g/mol. The fourth-order valence-electron chi connectivity index (χ4n) is 5.75. The molecule has 12 nitrogen and oxygen atoms in total. The van der Waals surface area contributed by atoms with E-state index in [1.807, 2.05) is 44.2 Å². The number of carbonyl (C=O) groups is 5. The van der Waals surface area contributed by atoms with Crippen LogP contribution in [0.25, 0.3) is 0 Å². The first kappa shape index (κ1) is 34.6. The molecule has 2 fully saturated rings. The van der Waals surface area contributed by atoms with E-state index in [-0.39, 0.29) is 25.5 Å². The van der Waals surface area contributed by atoms with E-state index in [1.165, 1.54) is 16.8 Å². The number of rotatable bonds is 5. The monoisotopic (exact) mass is 635 g/mol. The van der Waals surface area contributed by atoms with Crippen molar-refractivity contribution in [2.45, 2.75) is 76.4 Å². The van der Waals surface area contributed by atoms with Crippen molar-refractivity contribution in [2.75, 3.05) is 26.7 Å². The highest BCUT2D eigenvalue weighted by Gasteiger charge is 2.39. The molecular weight excluding hydrogens is 590 g/mol. The molecule has 0 spiro atoms. The Bertz CT molecular complexity index is 1370. The highest BCUT2D eigenvalue weighted by Crippen LogP contribution is 2.19. The predicted molar refractivity (Wildman–Crippen MR) is 170 cm³/mol. The molecule has 2 aromatic carbocycles. The fourth-order valence-corrected chi connectivity index (χ4v) is 5.75. The molecule has 2 saturated heterocycles. The van der Waals surface area contributed by atoms with Gasteiger partial charge in [-0.1, -0.05) is 62.4 Å². The van der Waals surface area contributed by atoms with Gasteiger partial charge in [-0.05, 0) is 43.4 Å². The Morgan fingerprint density at radius 3 is 2.24 bits per heavy atom. The van der Waals surface area contributed by atoms with Gasteiger partial charge < -0.3 is 35.6 Å². The molecule has 2 bridgehead atoms. The Morgan fingerprint density at radius 2 is 1.59 bits per heavy atom. The summed E-state index contributed by atoms with van der Waals surface area (Å²) in [5.74, 6) is -2.53. The summed E-state index contributed by atoms with van der Waals surface area (Å²) in [4.78, 5) is 70.6. The minimum atomic E-state index is -1.21. The average Bonchev–Trinajstić information content (AvgIpc) is 3.04. The lowest BCUT2D eigenvalue weighted by molar-refractivity contribution is -0.142. The fraction of sp³-hybridized carbons (Fsp3) is 0.500. The molecule has 5 amide bonds. The van der Waals surface area contributed by atoms with Crippen LogP contribution < -0.4 is 16.0 Å². The van der Waals surface area contributed by atoms with Gasteiger partial charge in [-0.15, -0.1) is 0 Å². The van der Waals surface area contributed by atoms with E-state index in [1.54, 1.807) is 37.3 Å². The lowest BCUT2D eigenvalue weighted by Gasteiger charge is -2.38. The molecule has 12 heteroatoms. The SMILES string of the molecule is CC(C)C[C@H]1NC(=O)CN(C(=O)c2ccccc2)C[C@H]2OCC[C@H](NC(=O)[C@H](Cc3ccccc3)NC(=O)[C@H](C)N(C)C1=O)[C@@H]2O. The Hall–Kier alpha value is -4.29. The number of nitrogens with one attached hydrogen (secondary N) is 3. The summed E-state index contributed by atoms with van der Waals surface area (Å²) < 4.78 is 5.87. The van der Waals surface area contributed by atoms with Gasteiger partial charge in [0.25, 0.3) is 5.91 Å². The maximum atomic E-state index is 13.7. The number of amides is 5. The predicted octanol–water partition coefficient (Wildman–Crippen LogP) is 0.882. The molecular formula is C34H45N5O7. The number of fused-ring (bicyclic) bond motifs is 2. The van der Waals surface area contributed by atoms with Crippen molar-refractivity contribution in [1.29, 1.82) is 0 Å². The number of likely N-dealkylation sites (N-methyl/N-ethyl adjacent to an activating group) is 1.